The highest BCUT2D eigenvalue weighted by atomic mass is 32.2. The molecule has 0 spiro atoms. The summed E-state index contributed by atoms with van der Waals surface area (Å²) in [7, 11) is -0.170. The molecule has 2 aromatic carbocycles. The van der Waals surface area contributed by atoms with Crippen LogP contribution in [-0.4, -0.2) is 41.6 Å². The summed E-state index contributed by atoms with van der Waals surface area (Å²) in [5, 5.41) is 6.41. The molecule has 0 aliphatic rings. The Balaban J connectivity index is 1.78. The number of rotatable bonds is 9. The maximum Gasteiger partial charge on any atom is 0.215 e. The van der Waals surface area contributed by atoms with Crippen molar-refractivity contribution in [1.82, 2.24) is 15.4 Å². The Morgan fingerprint density at radius 3 is 2.46 bits per heavy atom. The predicted molar refractivity (Wildman–Crippen MR) is 113 cm³/mol. The number of sulfonamides is 1. The molecule has 0 unspecified atom stereocenters. The standard InChI is InChI=1S/C20H28N4O3S/c1-16-7-9-19(10-8-16)27-12-11-23-20(21-2)24-14-17-5-4-6-18(13-17)15-28(25,26)22-3/h4-10,13,22H,11-12,14-15H2,1-3H3,(H2,21,23,24). The van der Waals surface area contributed by atoms with Gasteiger partial charge < -0.3 is 15.4 Å². The zero-order valence-electron chi connectivity index (χ0n) is 16.5. The number of benzene rings is 2. The van der Waals surface area contributed by atoms with Crippen LogP contribution in [0.3, 0.4) is 0 Å². The molecule has 0 radical (unpaired) electrons. The van der Waals surface area contributed by atoms with Crippen molar-refractivity contribution in [1.29, 1.82) is 0 Å². The van der Waals surface area contributed by atoms with Crippen LogP contribution in [-0.2, 0) is 22.3 Å². The van der Waals surface area contributed by atoms with Crippen molar-refractivity contribution >= 4 is 16.0 Å². The summed E-state index contributed by atoms with van der Waals surface area (Å²) >= 11 is 0. The van der Waals surface area contributed by atoms with Crippen LogP contribution in [0.2, 0.25) is 0 Å². The number of guanidine groups is 1. The van der Waals surface area contributed by atoms with E-state index in [0.29, 0.717) is 25.7 Å². The molecule has 0 fully saturated rings. The second-order valence-electron chi connectivity index (χ2n) is 6.30. The second kappa shape index (κ2) is 10.7. The van der Waals surface area contributed by atoms with Crippen molar-refractivity contribution in [2.24, 2.45) is 4.99 Å². The fourth-order valence-electron chi connectivity index (χ4n) is 2.50. The quantitative estimate of drug-likeness (QED) is 0.337. The molecule has 0 atom stereocenters. The molecule has 28 heavy (non-hydrogen) atoms. The van der Waals surface area contributed by atoms with Gasteiger partial charge in [0, 0.05) is 13.6 Å². The van der Waals surface area contributed by atoms with Crippen molar-refractivity contribution < 1.29 is 13.2 Å². The van der Waals surface area contributed by atoms with Crippen LogP contribution in [0.5, 0.6) is 5.75 Å². The number of hydrogen-bond acceptors (Lipinski definition) is 4. The van der Waals surface area contributed by atoms with Gasteiger partial charge in [-0.3, -0.25) is 4.99 Å². The molecule has 0 aliphatic carbocycles. The van der Waals surface area contributed by atoms with Gasteiger partial charge in [0.2, 0.25) is 10.0 Å². The number of hydrogen-bond donors (Lipinski definition) is 3. The molecule has 3 N–H and O–H groups in total. The van der Waals surface area contributed by atoms with Crippen LogP contribution in [0.25, 0.3) is 0 Å². The minimum atomic E-state index is -3.29. The number of aliphatic imine (C=N–C) groups is 1. The zero-order valence-corrected chi connectivity index (χ0v) is 17.3. The summed E-state index contributed by atoms with van der Waals surface area (Å²) in [6, 6.07) is 15.4. The van der Waals surface area contributed by atoms with Gasteiger partial charge in [-0.15, -0.1) is 0 Å². The number of aryl methyl sites for hydroxylation is 1. The van der Waals surface area contributed by atoms with E-state index in [2.05, 4.69) is 20.3 Å². The summed E-state index contributed by atoms with van der Waals surface area (Å²) in [4.78, 5) is 4.19. The largest absolute Gasteiger partial charge is 0.492 e. The molecule has 7 nitrogen and oxygen atoms in total. The fraction of sp³-hybridized carbons (Fsp3) is 0.350. The normalized spacial score (nSPS) is 11.9. The first-order valence-electron chi connectivity index (χ1n) is 9.05. The van der Waals surface area contributed by atoms with E-state index in [0.717, 1.165) is 16.9 Å². The van der Waals surface area contributed by atoms with Gasteiger partial charge in [-0.05, 0) is 37.2 Å². The van der Waals surface area contributed by atoms with Gasteiger partial charge in [0.1, 0.15) is 12.4 Å². The molecule has 0 amide bonds. The lowest BCUT2D eigenvalue weighted by Crippen LogP contribution is -2.38. The summed E-state index contributed by atoms with van der Waals surface area (Å²) < 4.78 is 31.4. The molecular formula is C20H28N4O3S. The summed E-state index contributed by atoms with van der Waals surface area (Å²) in [5.74, 6) is 1.45. The minimum absolute atomic E-state index is 0.0410. The first-order valence-corrected chi connectivity index (χ1v) is 10.7. The van der Waals surface area contributed by atoms with Gasteiger partial charge in [0.05, 0.1) is 12.3 Å². The first-order chi connectivity index (χ1) is 13.4. The smallest absolute Gasteiger partial charge is 0.215 e. The number of ether oxygens (including phenoxy) is 1. The third-order valence-corrected chi connectivity index (χ3v) is 5.36. The molecule has 2 rings (SSSR count). The molecule has 0 heterocycles. The Labute approximate surface area is 167 Å². The van der Waals surface area contributed by atoms with Gasteiger partial charge in [-0.2, -0.15) is 0 Å². The second-order valence-corrected chi connectivity index (χ2v) is 8.22. The highest BCUT2D eigenvalue weighted by molar-refractivity contribution is 7.88. The molecule has 0 bridgehead atoms. The third kappa shape index (κ3) is 7.58. The molecule has 2 aromatic rings. The van der Waals surface area contributed by atoms with Gasteiger partial charge in [-0.1, -0.05) is 42.0 Å². The molecule has 0 aliphatic heterocycles. The number of nitrogens with zero attached hydrogens (tertiary/aromatic N) is 1. The van der Waals surface area contributed by atoms with Crippen LogP contribution in [0.15, 0.2) is 53.5 Å². The van der Waals surface area contributed by atoms with Crippen molar-refractivity contribution in [2.45, 2.75) is 19.2 Å². The van der Waals surface area contributed by atoms with E-state index < -0.39 is 10.0 Å². The summed E-state index contributed by atoms with van der Waals surface area (Å²) in [6.07, 6.45) is 0. The fourth-order valence-corrected chi connectivity index (χ4v) is 3.26. The zero-order chi connectivity index (χ0) is 20.4. The SMILES string of the molecule is CN=C(NCCOc1ccc(C)cc1)NCc1cccc(CS(=O)(=O)NC)c1. The van der Waals surface area contributed by atoms with Gasteiger partial charge in [0.15, 0.2) is 5.96 Å². The van der Waals surface area contributed by atoms with Crippen molar-refractivity contribution in [3.05, 3.63) is 65.2 Å². The van der Waals surface area contributed by atoms with Crippen LogP contribution in [0, 0.1) is 6.92 Å². The summed E-state index contributed by atoms with van der Waals surface area (Å²) in [6.45, 7) is 3.69. The topological polar surface area (TPSA) is 91.8 Å². The summed E-state index contributed by atoms with van der Waals surface area (Å²) in [5.41, 5.74) is 2.91. The van der Waals surface area contributed by atoms with Gasteiger partial charge in [0.25, 0.3) is 0 Å². The lowest BCUT2D eigenvalue weighted by atomic mass is 10.1. The van der Waals surface area contributed by atoms with Crippen LogP contribution in [0.1, 0.15) is 16.7 Å². The van der Waals surface area contributed by atoms with Crippen LogP contribution < -0.4 is 20.1 Å². The van der Waals surface area contributed by atoms with Gasteiger partial charge in [-0.25, -0.2) is 13.1 Å². The molecule has 0 saturated heterocycles. The maximum absolute atomic E-state index is 11.7. The van der Waals surface area contributed by atoms with E-state index in [4.69, 9.17) is 4.74 Å². The highest BCUT2D eigenvalue weighted by Crippen LogP contribution is 2.11. The third-order valence-electron chi connectivity index (χ3n) is 4.03. The van der Waals surface area contributed by atoms with Crippen LogP contribution in [0.4, 0.5) is 0 Å². The molecule has 8 heteroatoms. The lowest BCUT2D eigenvalue weighted by Gasteiger charge is -2.13. The molecule has 0 aromatic heterocycles. The van der Waals surface area contributed by atoms with E-state index in [1.165, 1.54) is 12.6 Å². The Morgan fingerprint density at radius 2 is 1.79 bits per heavy atom. The Kier molecular flexibility index (Phi) is 8.28. The monoisotopic (exact) mass is 404 g/mol. The van der Waals surface area contributed by atoms with Crippen molar-refractivity contribution in [2.75, 3.05) is 27.2 Å². The maximum atomic E-state index is 11.7. The Morgan fingerprint density at radius 1 is 1.07 bits per heavy atom. The predicted octanol–water partition coefficient (Wildman–Crippen LogP) is 1.79. The van der Waals surface area contributed by atoms with Crippen LogP contribution >= 0.6 is 0 Å². The van der Waals surface area contributed by atoms with E-state index in [-0.39, 0.29) is 5.75 Å². The van der Waals surface area contributed by atoms with E-state index in [9.17, 15) is 8.42 Å². The van der Waals surface area contributed by atoms with Crippen molar-refractivity contribution in [3.63, 3.8) is 0 Å². The average Bonchev–Trinajstić information content (AvgIpc) is 2.69. The molecule has 152 valence electrons. The Hall–Kier alpha value is -2.58. The molecule has 0 saturated carbocycles. The Bertz CT molecular complexity index is 881. The highest BCUT2D eigenvalue weighted by Gasteiger charge is 2.09. The van der Waals surface area contributed by atoms with Gasteiger partial charge >= 0.3 is 0 Å². The first kappa shape index (κ1) is 21.7. The van der Waals surface area contributed by atoms with E-state index in [1.807, 2.05) is 49.4 Å². The van der Waals surface area contributed by atoms with E-state index in [1.54, 1.807) is 13.1 Å². The average molecular weight is 405 g/mol. The lowest BCUT2D eigenvalue weighted by molar-refractivity contribution is 0.322. The van der Waals surface area contributed by atoms with Crippen molar-refractivity contribution in [3.8, 4) is 5.75 Å². The van der Waals surface area contributed by atoms with E-state index >= 15 is 0 Å². The number of nitrogens with one attached hydrogen (secondary N) is 3. The molecular weight excluding hydrogens is 376 g/mol. The minimum Gasteiger partial charge on any atom is -0.492 e.